The van der Waals surface area contributed by atoms with Crippen LogP contribution in [0.25, 0.3) is 0 Å². The summed E-state index contributed by atoms with van der Waals surface area (Å²) in [5, 5.41) is 0. The lowest BCUT2D eigenvalue weighted by Crippen LogP contribution is -2.21. The maximum atomic E-state index is 12.0. The van der Waals surface area contributed by atoms with E-state index in [1.54, 1.807) is 0 Å². The fourth-order valence-electron chi connectivity index (χ4n) is 0.783. The first kappa shape index (κ1) is 18.1. The molecule has 0 aromatic rings. The number of halogens is 3. The number of phosphoric acid groups is 1. The molecule has 0 heterocycles. The van der Waals surface area contributed by atoms with Crippen LogP contribution in [0.15, 0.2) is 12.2 Å². The second-order valence-electron chi connectivity index (χ2n) is 3.11. The van der Waals surface area contributed by atoms with Crippen molar-refractivity contribution < 1.29 is 40.8 Å². The minimum atomic E-state index is -4.82. The van der Waals surface area contributed by atoms with E-state index in [0.29, 0.717) is 0 Å². The maximum absolute atomic E-state index is 12.0. The summed E-state index contributed by atoms with van der Waals surface area (Å²) < 4.78 is 65.3. The Morgan fingerprint density at radius 2 is 1.74 bits per heavy atom. The molecule has 19 heavy (non-hydrogen) atoms. The molecule has 0 aliphatic rings. The normalized spacial score (nSPS) is 12.3. The van der Waals surface area contributed by atoms with E-state index in [0.717, 1.165) is 14.2 Å². The predicted molar refractivity (Wildman–Crippen MR) is 58.3 cm³/mol. The van der Waals surface area contributed by atoms with Gasteiger partial charge in [-0.1, -0.05) is 6.58 Å². The third-order valence-corrected chi connectivity index (χ3v) is 3.20. The van der Waals surface area contributed by atoms with Gasteiger partial charge >= 0.3 is 20.0 Å². The molecule has 0 N–H and O–H groups in total. The van der Waals surface area contributed by atoms with E-state index in [1.165, 1.54) is 0 Å². The second kappa shape index (κ2) is 7.64. The Bertz CT molecular complexity index is 359. The average molecular weight is 306 g/mol. The topological polar surface area (TPSA) is 71.1 Å². The highest BCUT2D eigenvalue weighted by molar-refractivity contribution is 7.48. The van der Waals surface area contributed by atoms with Crippen LogP contribution >= 0.6 is 7.82 Å². The summed E-state index contributed by atoms with van der Waals surface area (Å²) in [5.41, 5.74) is -1.59. The molecule has 0 rings (SSSR count). The van der Waals surface area contributed by atoms with Gasteiger partial charge in [-0.3, -0.25) is 13.6 Å². The first-order chi connectivity index (χ1) is 8.66. The monoisotopic (exact) mass is 306 g/mol. The minimum Gasteiger partial charge on any atom is -0.462 e. The van der Waals surface area contributed by atoms with Gasteiger partial charge < -0.3 is 4.74 Å². The van der Waals surface area contributed by atoms with Crippen molar-refractivity contribution >= 4 is 13.8 Å². The molecule has 0 saturated carbocycles. The molecule has 0 aromatic heterocycles. The number of phosphoric ester groups is 1. The molecule has 6 nitrogen and oxygen atoms in total. The largest absolute Gasteiger partial charge is 0.474 e. The Morgan fingerprint density at radius 1 is 1.21 bits per heavy atom. The van der Waals surface area contributed by atoms with Gasteiger partial charge in [-0.25, -0.2) is 9.36 Å². The Kier molecular flexibility index (Phi) is 7.28. The standard InChI is InChI=1S/C9H14F3O6P/c1-7(9(10,11)12)8(13)17-5-4-6-18-19(14,15-2)16-3/h1,4-6H2,2-3H3. The molecule has 0 saturated heterocycles. The van der Waals surface area contributed by atoms with Gasteiger partial charge in [-0.2, -0.15) is 13.2 Å². The van der Waals surface area contributed by atoms with Crippen LogP contribution < -0.4 is 0 Å². The SMILES string of the molecule is C=C(C(=O)OCCCOP(=O)(OC)OC)C(F)(F)F. The molecule has 112 valence electrons. The van der Waals surface area contributed by atoms with Crippen molar-refractivity contribution in [1.82, 2.24) is 0 Å². The van der Waals surface area contributed by atoms with Crippen LogP contribution in [-0.4, -0.2) is 39.6 Å². The fraction of sp³-hybridized carbons (Fsp3) is 0.667. The third kappa shape index (κ3) is 6.72. The van der Waals surface area contributed by atoms with Crippen LogP contribution in [0, 0.1) is 0 Å². The molecule has 0 radical (unpaired) electrons. The van der Waals surface area contributed by atoms with Crippen LogP contribution in [-0.2, 0) is 27.7 Å². The van der Waals surface area contributed by atoms with Gasteiger partial charge in [0.1, 0.15) is 5.57 Å². The molecular formula is C9H14F3O6P. The summed E-state index contributed by atoms with van der Waals surface area (Å²) in [7, 11) is -1.41. The number of hydrogen-bond donors (Lipinski definition) is 0. The number of alkyl halides is 3. The highest BCUT2D eigenvalue weighted by Crippen LogP contribution is 2.47. The van der Waals surface area contributed by atoms with Gasteiger partial charge in [0.15, 0.2) is 0 Å². The first-order valence-corrected chi connectivity index (χ1v) is 6.41. The average Bonchev–Trinajstić information content (AvgIpc) is 2.35. The van der Waals surface area contributed by atoms with Crippen molar-refractivity contribution in [2.45, 2.75) is 12.6 Å². The molecular weight excluding hydrogens is 292 g/mol. The predicted octanol–water partition coefficient (Wildman–Crippen LogP) is 2.46. The summed E-state index contributed by atoms with van der Waals surface area (Å²) >= 11 is 0. The Hall–Kier alpha value is -0.890. The van der Waals surface area contributed by atoms with Crippen LogP contribution in [0.2, 0.25) is 0 Å². The lowest BCUT2D eigenvalue weighted by atomic mass is 10.3. The van der Waals surface area contributed by atoms with Gasteiger partial charge in [0, 0.05) is 20.6 Å². The number of hydrogen-bond acceptors (Lipinski definition) is 6. The van der Waals surface area contributed by atoms with Crippen molar-refractivity contribution in [2.75, 3.05) is 27.4 Å². The van der Waals surface area contributed by atoms with Crippen molar-refractivity contribution in [3.8, 4) is 0 Å². The van der Waals surface area contributed by atoms with E-state index in [-0.39, 0.29) is 19.6 Å². The first-order valence-electron chi connectivity index (χ1n) is 4.95. The molecule has 0 unspecified atom stereocenters. The molecule has 0 bridgehead atoms. The lowest BCUT2D eigenvalue weighted by molar-refractivity contribution is -0.150. The van der Waals surface area contributed by atoms with Gasteiger partial charge in [-0.05, 0) is 0 Å². The quantitative estimate of drug-likeness (QED) is 0.297. The Labute approximate surface area is 108 Å². The number of ether oxygens (including phenoxy) is 1. The van der Waals surface area contributed by atoms with Crippen LogP contribution in [0.4, 0.5) is 13.2 Å². The Balaban J connectivity index is 3.92. The second-order valence-corrected chi connectivity index (χ2v) is 4.99. The van der Waals surface area contributed by atoms with Crippen LogP contribution in [0.1, 0.15) is 6.42 Å². The molecule has 0 spiro atoms. The summed E-state index contributed by atoms with van der Waals surface area (Å²) in [6.07, 6.45) is -4.80. The van der Waals surface area contributed by atoms with Crippen LogP contribution in [0.5, 0.6) is 0 Å². The van der Waals surface area contributed by atoms with Crippen molar-refractivity contribution in [1.29, 1.82) is 0 Å². The zero-order valence-electron chi connectivity index (χ0n) is 10.4. The van der Waals surface area contributed by atoms with E-state index in [4.69, 9.17) is 4.52 Å². The minimum absolute atomic E-state index is 0.0214. The Morgan fingerprint density at radius 3 is 2.16 bits per heavy atom. The number of rotatable bonds is 8. The molecule has 0 aromatic carbocycles. The van der Waals surface area contributed by atoms with E-state index in [2.05, 4.69) is 20.4 Å². The highest BCUT2D eigenvalue weighted by Gasteiger charge is 2.37. The number of esters is 1. The van der Waals surface area contributed by atoms with Gasteiger partial charge in [-0.15, -0.1) is 0 Å². The third-order valence-electron chi connectivity index (χ3n) is 1.81. The summed E-state index contributed by atoms with van der Waals surface area (Å²) in [6, 6.07) is 0. The van der Waals surface area contributed by atoms with Gasteiger partial charge in [0.05, 0.1) is 13.2 Å². The fourth-order valence-corrected chi connectivity index (χ4v) is 1.50. The van der Waals surface area contributed by atoms with E-state index in [9.17, 15) is 22.5 Å². The van der Waals surface area contributed by atoms with E-state index in [1.807, 2.05) is 0 Å². The maximum Gasteiger partial charge on any atom is 0.474 e. The smallest absolute Gasteiger partial charge is 0.462 e. The van der Waals surface area contributed by atoms with E-state index >= 15 is 0 Å². The highest BCUT2D eigenvalue weighted by atomic mass is 31.2. The van der Waals surface area contributed by atoms with Crippen molar-refractivity contribution in [3.05, 3.63) is 12.2 Å². The summed E-state index contributed by atoms with van der Waals surface area (Å²) in [5.74, 6) is -1.56. The van der Waals surface area contributed by atoms with E-state index < -0.39 is 25.5 Å². The zero-order valence-corrected chi connectivity index (χ0v) is 11.3. The lowest BCUT2D eigenvalue weighted by Gasteiger charge is -2.13. The molecule has 10 heteroatoms. The molecule has 0 fully saturated rings. The molecule has 0 aliphatic carbocycles. The van der Waals surface area contributed by atoms with Crippen molar-refractivity contribution in [3.63, 3.8) is 0 Å². The number of carbonyl (C=O) groups excluding carboxylic acids is 1. The molecule has 0 atom stereocenters. The molecule has 0 amide bonds. The van der Waals surface area contributed by atoms with Gasteiger partial charge in [0.25, 0.3) is 0 Å². The summed E-state index contributed by atoms with van der Waals surface area (Å²) in [6.45, 7) is 2.05. The van der Waals surface area contributed by atoms with Gasteiger partial charge in [0.2, 0.25) is 0 Å². The van der Waals surface area contributed by atoms with Crippen LogP contribution in [0.3, 0.4) is 0 Å². The summed E-state index contributed by atoms with van der Waals surface area (Å²) in [4.78, 5) is 10.9. The van der Waals surface area contributed by atoms with Crippen molar-refractivity contribution in [2.24, 2.45) is 0 Å². The molecule has 0 aliphatic heterocycles. The zero-order chi connectivity index (χ0) is 15.1. The number of carbonyl (C=O) groups is 1.